The number of ketones is 1. The predicted molar refractivity (Wildman–Crippen MR) is 78.8 cm³/mol. The number of nitrogens with one attached hydrogen (secondary N) is 1. The van der Waals surface area contributed by atoms with Crippen LogP contribution in [0, 0.1) is 0 Å². The molecule has 3 rings (SSSR count). The lowest BCUT2D eigenvalue weighted by Crippen LogP contribution is -2.00. The standard InChI is InChI=1S/C11H7BrN4OS2/c12-8-2-1-7(19-8)6(17)3-18-11-9-10(14-4-13-9)15-5-16-11/h1-2,4-5H,3H2,(H,13,14,15,16). The molecule has 0 aromatic carbocycles. The summed E-state index contributed by atoms with van der Waals surface area (Å²) in [7, 11) is 0. The van der Waals surface area contributed by atoms with E-state index in [9.17, 15) is 4.79 Å². The van der Waals surface area contributed by atoms with E-state index in [1.54, 1.807) is 6.33 Å². The Hall–Kier alpha value is -1.25. The van der Waals surface area contributed by atoms with Gasteiger partial charge in [-0.1, -0.05) is 11.8 Å². The van der Waals surface area contributed by atoms with E-state index in [0.717, 1.165) is 19.2 Å². The summed E-state index contributed by atoms with van der Waals surface area (Å²) in [6.45, 7) is 0. The van der Waals surface area contributed by atoms with E-state index in [2.05, 4.69) is 35.9 Å². The fourth-order valence-corrected chi connectivity index (χ4v) is 3.78. The molecule has 0 spiro atoms. The normalized spacial score (nSPS) is 11.0. The lowest BCUT2D eigenvalue weighted by atomic mass is 10.4. The maximum Gasteiger partial charge on any atom is 0.183 e. The molecule has 19 heavy (non-hydrogen) atoms. The number of nitrogens with zero attached hydrogens (tertiary/aromatic N) is 3. The van der Waals surface area contributed by atoms with Crippen LogP contribution in [0.5, 0.6) is 0 Å². The molecule has 0 aliphatic heterocycles. The summed E-state index contributed by atoms with van der Waals surface area (Å²) in [5.74, 6) is 0.435. The second-order valence-electron chi connectivity index (χ2n) is 3.60. The molecular formula is C11H7BrN4OS2. The van der Waals surface area contributed by atoms with Crippen molar-refractivity contribution >= 4 is 56.0 Å². The number of Topliss-reactive ketones (excluding diaryl/α,β-unsaturated/α-hetero) is 1. The van der Waals surface area contributed by atoms with Crippen LogP contribution in [0.15, 0.2) is 33.6 Å². The minimum absolute atomic E-state index is 0.0898. The van der Waals surface area contributed by atoms with E-state index in [4.69, 9.17) is 0 Å². The number of halogens is 1. The molecule has 96 valence electrons. The topological polar surface area (TPSA) is 71.5 Å². The lowest BCUT2D eigenvalue weighted by molar-refractivity contribution is 0.102. The molecule has 1 N–H and O–H groups in total. The number of rotatable bonds is 4. The Kier molecular flexibility index (Phi) is 3.63. The zero-order chi connectivity index (χ0) is 13.2. The van der Waals surface area contributed by atoms with Crippen LogP contribution in [-0.2, 0) is 0 Å². The number of H-pyrrole nitrogens is 1. The van der Waals surface area contributed by atoms with Crippen LogP contribution in [-0.4, -0.2) is 31.5 Å². The predicted octanol–water partition coefficient (Wildman–Crippen LogP) is 3.15. The first-order valence-corrected chi connectivity index (χ1v) is 7.89. The average Bonchev–Trinajstić information content (AvgIpc) is 3.04. The molecule has 0 saturated carbocycles. The van der Waals surface area contributed by atoms with Crippen molar-refractivity contribution < 1.29 is 4.79 Å². The summed E-state index contributed by atoms with van der Waals surface area (Å²) < 4.78 is 0.957. The summed E-state index contributed by atoms with van der Waals surface area (Å²) in [4.78, 5) is 28.0. The van der Waals surface area contributed by atoms with Crippen LogP contribution in [0.25, 0.3) is 11.2 Å². The monoisotopic (exact) mass is 354 g/mol. The van der Waals surface area contributed by atoms with Crippen molar-refractivity contribution in [2.45, 2.75) is 5.03 Å². The Morgan fingerprint density at radius 2 is 2.26 bits per heavy atom. The van der Waals surface area contributed by atoms with Gasteiger partial charge in [0.15, 0.2) is 11.4 Å². The van der Waals surface area contributed by atoms with Gasteiger partial charge in [0.1, 0.15) is 16.9 Å². The highest BCUT2D eigenvalue weighted by atomic mass is 79.9. The van der Waals surface area contributed by atoms with Crippen molar-refractivity contribution in [1.82, 2.24) is 19.9 Å². The third kappa shape index (κ3) is 2.70. The molecule has 8 heteroatoms. The number of imidazole rings is 1. The van der Waals surface area contributed by atoms with Gasteiger partial charge in [-0.3, -0.25) is 4.79 Å². The number of carbonyl (C=O) groups excluding carboxylic acids is 1. The van der Waals surface area contributed by atoms with Crippen molar-refractivity contribution in [3.63, 3.8) is 0 Å². The van der Waals surface area contributed by atoms with Gasteiger partial charge in [-0.05, 0) is 28.1 Å². The van der Waals surface area contributed by atoms with Gasteiger partial charge in [0.2, 0.25) is 0 Å². The van der Waals surface area contributed by atoms with Gasteiger partial charge in [-0.2, -0.15) is 0 Å². The zero-order valence-corrected chi connectivity index (χ0v) is 12.7. The first-order valence-electron chi connectivity index (χ1n) is 5.29. The highest BCUT2D eigenvalue weighted by Gasteiger charge is 2.12. The molecule has 0 amide bonds. The smallest absolute Gasteiger partial charge is 0.183 e. The molecule has 5 nitrogen and oxygen atoms in total. The molecule has 3 aromatic heterocycles. The van der Waals surface area contributed by atoms with Gasteiger partial charge in [-0.15, -0.1) is 11.3 Å². The molecule has 0 unspecified atom stereocenters. The van der Waals surface area contributed by atoms with E-state index in [0.29, 0.717) is 11.4 Å². The number of fused-ring (bicyclic) bond motifs is 1. The maximum atomic E-state index is 12.0. The van der Waals surface area contributed by atoms with E-state index >= 15 is 0 Å². The fourth-order valence-electron chi connectivity index (χ4n) is 1.52. The van der Waals surface area contributed by atoms with Crippen LogP contribution in [0.4, 0.5) is 0 Å². The summed E-state index contributed by atoms with van der Waals surface area (Å²) in [6, 6.07) is 3.70. The lowest BCUT2D eigenvalue weighted by Gasteiger charge is -1.99. The zero-order valence-electron chi connectivity index (χ0n) is 9.46. The first kappa shape index (κ1) is 12.8. The summed E-state index contributed by atoms with van der Waals surface area (Å²) in [5, 5.41) is 0.742. The minimum atomic E-state index is 0.0898. The molecule has 3 aromatic rings. The van der Waals surface area contributed by atoms with Gasteiger partial charge in [0.05, 0.1) is 20.7 Å². The number of thiophene rings is 1. The van der Waals surface area contributed by atoms with Crippen molar-refractivity contribution in [3.05, 3.63) is 33.5 Å². The van der Waals surface area contributed by atoms with Gasteiger partial charge < -0.3 is 4.98 Å². The highest BCUT2D eigenvalue weighted by molar-refractivity contribution is 9.11. The SMILES string of the molecule is O=C(CSc1ncnc2nc[nH]c12)c1ccc(Br)s1. The minimum Gasteiger partial charge on any atom is -0.341 e. The maximum absolute atomic E-state index is 12.0. The Bertz CT molecular complexity index is 739. The third-order valence-electron chi connectivity index (χ3n) is 2.38. The first-order chi connectivity index (χ1) is 9.24. The number of carbonyl (C=O) groups is 1. The van der Waals surface area contributed by atoms with Gasteiger partial charge >= 0.3 is 0 Å². The van der Waals surface area contributed by atoms with E-state index < -0.39 is 0 Å². The van der Waals surface area contributed by atoms with Crippen LogP contribution in [0.1, 0.15) is 9.67 Å². The Morgan fingerprint density at radius 1 is 1.37 bits per heavy atom. The van der Waals surface area contributed by atoms with Gasteiger partial charge in [0.25, 0.3) is 0 Å². The average molecular weight is 355 g/mol. The molecule has 0 radical (unpaired) electrons. The van der Waals surface area contributed by atoms with Crippen molar-refractivity contribution in [1.29, 1.82) is 0 Å². The molecule has 0 fully saturated rings. The highest BCUT2D eigenvalue weighted by Crippen LogP contribution is 2.26. The van der Waals surface area contributed by atoms with E-state index in [1.807, 2.05) is 12.1 Å². The third-order valence-corrected chi connectivity index (χ3v) is 5.03. The van der Waals surface area contributed by atoms with Crippen LogP contribution < -0.4 is 0 Å². The summed E-state index contributed by atoms with van der Waals surface area (Å²) >= 11 is 6.17. The Morgan fingerprint density at radius 3 is 3.05 bits per heavy atom. The number of hydrogen-bond donors (Lipinski definition) is 1. The Balaban J connectivity index is 1.76. The molecule has 0 saturated heterocycles. The molecular weight excluding hydrogens is 348 g/mol. The number of hydrogen-bond acceptors (Lipinski definition) is 6. The van der Waals surface area contributed by atoms with Crippen LogP contribution in [0.2, 0.25) is 0 Å². The molecule has 0 bridgehead atoms. The second-order valence-corrected chi connectivity index (χ2v) is 7.02. The summed E-state index contributed by atoms with van der Waals surface area (Å²) in [5.41, 5.74) is 1.39. The van der Waals surface area contributed by atoms with Crippen LogP contribution >= 0.6 is 39.0 Å². The van der Waals surface area contributed by atoms with E-state index in [1.165, 1.54) is 29.4 Å². The molecule has 0 aliphatic rings. The largest absolute Gasteiger partial charge is 0.341 e. The van der Waals surface area contributed by atoms with Crippen molar-refractivity contribution in [2.75, 3.05) is 5.75 Å². The molecule has 3 heterocycles. The summed E-state index contributed by atoms with van der Waals surface area (Å²) in [6.07, 6.45) is 3.03. The van der Waals surface area contributed by atoms with E-state index in [-0.39, 0.29) is 5.78 Å². The van der Waals surface area contributed by atoms with Crippen molar-refractivity contribution in [3.8, 4) is 0 Å². The van der Waals surface area contributed by atoms with Crippen molar-refractivity contribution in [2.24, 2.45) is 0 Å². The fraction of sp³-hybridized carbons (Fsp3) is 0.0909. The molecule has 0 aliphatic carbocycles. The number of aromatic amines is 1. The number of aromatic nitrogens is 4. The second kappa shape index (κ2) is 5.40. The van der Waals surface area contributed by atoms with Gasteiger partial charge in [0, 0.05) is 0 Å². The van der Waals surface area contributed by atoms with Gasteiger partial charge in [-0.25, -0.2) is 15.0 Å². The quantitative estimate of drug-likeness (QED) is 0.442. The van der Waals surface area contributed by atoms with Crippen LogP contribution in [0.3, 0.4) is 0 Å². The molecule has 0 atom stereocenters. The Labute approximate surface area is 125 Å². The number of thioether (sulfide) groups is 1.